The number of ether oxygens (including phenoxy) is 1. The predicted octanol–water partition coefficient (Wildman–Crippen LogP) is 3.30. The first kappa shape index (κ1) is 17.3. The summed E-state index contributed by atoms with van der Waals surface area (Å²) in [5.74, 6) is 0.368. The van der Waals surface area contributed by atoms with Crippen LogP contribution in [0, 0.1) is 5.82 Å². The van der Waals surface area contributed by atoms with Gasteiger partial charge in [-0.3, -0.25) is 4.79 Å². The SMILES string of the molecule is COc1ccc(CNC(=O)c2ccc(Nc3ccccc3F)nn2)cc1. The highest BCUT2D eigenvalue weighted by atomic mass is 19.1. The van der Waals surface area contributed by atoms with Gasteiger partial charge in [-0.25, -0.2) is 4.39 Å². The largest absolute Gasteiger partial charge is 0.497 e. The standard InChI is InChI=1S/C19H17FN4O2/c1-26-14-8-6-13(7-9-14)12-21-19(25)17-10-11-18(24-23-17)22-16-5-3-2-4-15(16)20/h2-11H,12H2,1H3,(H,21,25)(H,22,24). The number of benzene rings is 2. The summed E-state index contributed by atoms with van der Waals surface area (Å²) < 4.78 is 18.7. The van der Waals surface area contributed by atoms with Crippen molar-refractivity contribution in [1.29, 1.82) is 0 Å². The second-order valence-corrected chi connectivity index (χ2v) is 5.44. The summed E-state index contributed by atoms with van der Waals surface area (Å²) in [6.45, 7) is 0.361. The summed E-state index contributed by atoms with van der Waals surface area (Å²) in [5.41, 5.74) is 1.40. The molecule has 0 spiro atoms. The number of anilines is 2. The maximum absolute atomic E-state index is 13.6. The van der Waals surface area contributed by atoms with Crippen LogP contribution >= 0.6 is 0 Å². The molecule has 2 aromatic carbocycles. The van der Waals surface area contributed by atoms with Crippen LogP contribution in [0.15, 0.2) is 60.7 Å². The third-order valence-electron chi connectivity index (χ3n) is 3.65. The molecule has 26 heavy (non-hydrogen) atoms. The number of nitrogens with one attached hydrogen (secondary N) is 2. The van der Waals surface area contributed by atoms with E-state index in [0.717, 1.165) is 11.3 Å². The fourth-order valence-corrected chi connectivity index (χ4v) is 2.24. The van der Waals surface area contributed by atoms with Crippen LogP contribution in [0.2, 0.25) is 0 Å². The van der Waals surface area contributed by atoms with E-state index in [1.807, 2.05) is 24.3 Å². The van der Waals surface area contributed by atoms with Gasteiger partial charge in [-0.05, 0) is 42.0 Å². The van der Waals surface area contributed by atoms with E-state index in [-0.39, 0.29) is 11.6 Å². The van der Waals surface area contributed by atoms with Crippen LogP contribution in [0.5, 0.6) is 5.75 Å². The molecule has 7 heteroatoms. The molecule has 0 saturated heterocycles. The molecule has 6 nitrogen and oxygen atoms in total. The number of carbonyl (C=O) groups is 1. The van der Waals surface area contributed by atoms with Gasteiger partial charge in [0, 0.05) is 6.54 Å². The van der Waals surface area contributed by atoms with Crippen molar-refractivity contribution in [2.75, 3.05) is 12.4 Å². The van der Waals surface area contributed by atoms with Crippen molar-refractivity contribution >= 4 is 17.4 Å². The zero-order valence-corrected chi connectivity index (χ0v) is 14.1. The van der Waals surface area contributed by atoms with Crippen LogP contribution in [-0.2, 0) is 6.54 Å². The van der Waals surface area contributed by atoms with Crippen molar-refractivity contribution in [2.24, 2.45) is 0 Å². The van der Waals surface area contributed by atoms with Crippen molar-refractivity contribution < 1.29 is 13.9 Å². The molecule has 1 heterocycles. The average molecular weight is 352 g/mol. The predicted molar refractivity (Wildman–Crippen MR) is 95.9 cm³/mol. The number of hydrogen-bond donors (Lipinski definition) is 2. The molecular weight excluding hydrogens is 335 g/mol. The van der Waals surface area contributed by atoms with Gasteiger partial charge in [0.15, 0.2) is 11.5 Å². The Kier molecular flexibility index (Phi) is 5.38. The minimum atomic E-state index is -0.393. The maximum Gasteiger partial charge on any atom is 0.272 e. The summed E-state index contributed by atoms with van der Waals surface area (Å²) in [5, 5.41) is 13.4. The molecule has 3 aromatic rings. The van der Waals surface area contributed by atoms with Gasteiger partial charge < -0.3 is 15.4 Å². The molecule has 0 radical (unpaired) electrons. The lowest BCUT2D eigenvalue weighted by Crippen LogP contribution is -2.24. The Balaban J connectivity index is 1.58. The first-order chi connectivity index (χ1) is 12.7. The Bertz CT molecular complexity index is 883. The molecule has 0 aliphatic heterocycles. The Labute approximate surface area is 150 Å². The van der Waals surface area contributed by atoms with Crippen LogP contribution in [0.1, 0.15) is 16.1 Å². The molecule has 2 N–H and O–H groups in total. The molecule has 1 amide bonds. The third kappa shape index (κ3) is 4.32. The summed E-state index contributed by atoms with van der Waals surface area (Å²) in [4.78, 5) is 12.1. The highest BCUT2D eigenvalue weighted by Gasteiger charge is 2.09. The van der Waals surface area contributed by atoms with Gasteiger partial charge in [-0.15, -0.1) is 10.2 Å². The number of halogens is 1. The second kappa shape index (κ2) is 8.06. The van der Waals surface area contributed by atoms with Crippen LogP contribution in [0.25, 0.3) is 0 Å². The molecule has 0 unspecified atom stereocenters. The van der Waals surface area contributed by atoms with E-state index in [9.17, 15) is 9.18 Å². The fourth-order valence-electron chi connectivity index (χ4n) is 2.24. The molecule has 132 valence electrons. The molecule has 0 fully saturated rings. The van der Waals surface area contributed by atoms with Gasteiger partial charge >= 0.3 is 0 Å². The van der Waals surface area contributed by atoms with E-state index < -0.39 is 5.82 Å². The van der Waals surface area contributed by atoms with E-state index in [2.05, 4.69) is 20.8 Å². The Hall–Kier alpha value is -3.48. The zero-order valence-electron chi connectivity index (χ0n) is 14.1. The molecular formula is C19H17FN4O2. The van der Waals surface area contributed by atoms with Crippen molar-refractivity contribution in [3.8, 4) is 5.75 Å². The summed E-state index contributed by atoms with van der Waals surface area (Å²) >= 11 is 0. The van der Waals surface area contributed by atoms with E-state index in [1.165, 1.54) is 12.1 Å². The lowest BCUT2D eigenvalue weighted by Gasteiger charge is -2.07. The Morgan fingerprint density at radius 3 is 2.46 bits per heavy atom. The molecule has 1 aromatic heterocycles. The van der Waals surface area contributed by atoms with Gasteiger partial charge in [0.25, 0.3) is 5.91 Å². The van der Waals surface area contributed by atoms with E-state index in [0.29, 0.717) is 18.1 Å². The van der Waals surface area contributed by atoms with Crippen LogP contribution < -0.4 is 15.4 Å². The summed E-state index contributed by atoms with van der Waals surface area (Å²) in [7, 11) is 1.60. The minimum Gasteiger partial charge on any atom is -0.497 e. The number of methoxy groups -OCH3 is 1. The highest BCUT2D eigenvalue weighted by Crippen LogP contribution is 2.17. The number of para-hydroxylation sites is 1. The number of hydrogen-bond acceptors (Lipinski definition) is 5. The van der Waals surface area contributed by atoms with Crippen LogP contribution in [-0.4, -0.2) is 23.2 Å². The second-order valence-electron chi connectivity index (χ2n) is 5.44. The summed E-state index contributed by atoms with van der Waals surface area (Å²) in [6, 6.07) is 16.7. The van der Waals surface area contributed by atoms with Crippen LogP contribution in [0.3, 0.4) is 0 Å². The van der Waals surface area contributed by atoms with Gasteiger partial charge in [-0.1, -0.05) is 24.3 Å². The Morgan fingerprint density at radius 1 is 1.04 bits per heavy atom. The minimum absolute atomic E-state index is 0.178. The topological polar surface area (TPSA) is 76.1 Å². The lowest BCUT2D eigenvalue weighted by molar-refractivity contribution is 0.0945. The zero-order chi connectivity index (χ0) is 18.4. The number of aromatic nitrogens is 2. The monoisotopic (exact) mass is 352 g/mol. The Morgan fingerprint density at radius 2 is 1.81 bits per heavy atom. The van der Waals surface area contributed by atoms with Crippen molar-refractivity contribution in [3.63, 3.8) is 0 Å². The number of carbonyl (C=O) groups excluding carboxylic acids is 1. The van der Waals surface area contributed by atoms with Crippen molar-refractivity contribution in [2.45, 2.75) is 6.54 Å². The summed E-state index contributed by atoms with van der Waals surface area (Å²) in [6.07, 6.45) is 0. The fraction of sp³-hybridized carbons (Fsp3) is 0.105. The number of amides is 1. The first-order valence-corrected chi connectivity index (χ1v) is 7.92. The molecule has 0 aliphatic carbocycles. The van der Waals surface area contributed by atoms with Crippen molar-refractivity contribution in [1.82, 2.24) is 15.5 Å². The van der Waals surface area contributed by atoms with Gasteiger partial charge in [0.1, 0.15) is 11.6 Å². The van der Waals surface area contributed by atoms with E-state index in [1.54, 1.807) is 31.4 Å². The quantitative estimate of drug-likeness (QED) is 0.712. The molecule has 0 atom stereocenters. The van der Waals surface area contributed by atoms with E-state index >= 15 is 0 Å². The normalized spacial score (nSPS) is 10.2. The maximum atomic E-state index is 13.6. The van der Waals surface area contributed by atoms with Crippen molar-refractivity contribution in [3.05, 3.63) is 77.7 Å². The molecule has 3 rings (SSSR count). The third-order valence-corrected chi connectivity index (χ3v) is 3.65. The van der Waals surface area contributed by atoms with Gasteiger partial charge in [0.05, 0.1) is 12.8 Å². The number of nitrogens with zero attached hydrogens (tertiary/aromatic N) is 2. The van der Waals surface area contributed by atoms with E-state index in [4.69, 9.17) is 4.74 Å². The first-order valence-electron chi connectivity index (χ1n) is 7.92. The molecule has 0 aliphatic rings. The molecule has 0 bridgehead atoms. The smallest absolute Gasteiger partial charge is 0.272 e. The highest BCUT2D eigenvalue weighted by molar-refractivity contribution is 5.92. The van der Waals surface area contributed by atoms with Gasteiger partial charge in [0.2, 0.25) is 0 Å². The van der Waals surface area contributed by atoms with Crippen LogP contribution in [0.4, 0.5) is 15.9 Å². The number of rotatable bonds is 6. The lowest BCUT2D eigenvalue weighted by atomic mass is 10.2. The molecule has 0 saturated carbocycles. The van der Waals surface area contributed by atoms with Gasteiger partial charge in [-0.2, -0.15) is 0 Å². The average Bonchev–Trinajstić information content (AvgIpc) is 2.69.